The number of fused-ring (bicyclic) bond motifs is 1. The van der Waals surface area contributed by atoms with Gasteiger partial charge in [0.25, 0.3) is 5.91 Å². The van der Waals surface area contributed by atoms with Gasteiger partial charge in [-0.05, 0) is 42.5 Å². The minimum absolute atomic E-state index is 0.0493. The Morgan fingerprint density at radius 1 is 1.19 bits per heavy atom. The van der Waals surface area contributed by atoms with Gasteiger partial charge in [-0.1, -0.05) is 6.08 Å². The molecule has 0 atom stereocenters. The van der Waals surface area contributed by atoms with Gasteiger partial charge in [-0.2, -0.15) is 0 Å². The average molecular weight is 373 g/mol. The third-order valence-electron chi connectivity index (χ3n) is 3.52. The van der Waals surface area contributed by atoms with Crippen molar-refractivity contribution in [2.45, 2.75) is 4.90 Å². The Bertz CT molecular complexity index is 1130. The van der Waals surface area contributed by atoms with Gasteiger partial charge >= 0.3 is 5.76 Å². The Morgan fingerprint density at radius 2 is 1.92 bits per heavy atom. The van der Waals surface area contributed by atoms with Crippen LogP contribution >= 0.6 is 0 Å². The van der Waals surface area contributed by atoms with Gasteiger partial charge in [-0.25, -0.2) is 17.9 Å². The molecule has 3 rings (SSSR count). The minimum atomic E-state index is -3.64. The van der Waals surface area contributed by atoms with Gasteiger partial charge in [0.2, 0.25) is 10.0 Å². The van der Waals surface area contributed by atoms with E-state index in [1.807, 2.05) is 0 Å². The van der Waals surface area contributed by atoms with Crippen LogP contribution in [0.3, 0.4) is 0 Å². The lowest BCUT2D eigenvalue weighted by molar-refractivity contribution is 0.102. The fraction of sp³-hybridized carbons (Fsp3) is 0.0588. The molecule has 26 heavy (non-hydrogen) atoms. The van der Waals surface area contributed by atoms with Crippen LogP contribution < -0.4 is 15.8 Å². The predicted molar refractivity (Wildman–Crippen MR) is 96.6 cm³/mol. The summed E-state index contributed by atoms with van der Waals surface area (Å²) in [4.78, 5) is 26.0. The van der Waals surface area contributed by atoms with E-state index in [9.17, 15) is 18.0 Å². The number of carbonyl (C=O) groups is 1. The molecular weight excluding hydrogens is 358 g/mol. The van der Waals surface area contributed by atoms with Crippen molar-refractivity contribution < 1.29 is 17.6 Å². The van der Waals surface area contributed by atoms with Crippen LogP contribution in [0.2, 0.25) is 0 Å². The highest BCUT2D eigenvalue weighted by atomic mass is 32.2. The van der Waals surface area contributed by atoms with E-state index in [-0.39, 0.29) is 17.0 Å². The summed E-state index contributed by atoms with van der Waals surface area (Å²) in [6, 6.07) is 10.2. The number of benzene rings is 2. The first-order valence-corrected chi connectivity index (χ1v) is 9.02. The molecule has 0 aliphatic rings. The highest BCUT2D eigenvalue weighted by Gasteiger charge is 2.14. The molecule has 1 aromatic heterocycles. The maximum Gasteiger partial charge on any atom is 0.417 e. The number of carbonyl (C=O) groups excluding carboxylic acids is 1. The summed E-state index contributed by atoms with van der Waals surface area (Å²) < 4.78 is 31.2. The molecule has 3 aromatic rings. The average Bonchev–Trinajstić information content (AvgIpc) is 2.99. The first-order valence-electron chi connectivity index (χ1n) is 7.54. The van der Waals surface area contributed by atoms with Crippen molar-refractivity contribution in [3.63, 3.8) is 0 Å². The van der Waals surface area contributed by atoms with Crippen LogP contribution in [0, 0.1) is 0 Å². The molecule has 0 fully saturated rings. The molecule has 1 heterocycles. The molecule has 0 saturated heterocycles. The molecule has 3 N–H and O–H groups in total. The van der Waals surface area contributed by atoms with E-state index in [0.717, 1.165) is 0 Å². The van der Waals surface area contributed by atoms with Gasteiger partial charge in [0, 0.05) is 17.8 Å². The van der Waals surface area contributed by atoms with Crippen molar-refractivity contribution in [2.24, 2.45) is 0 Å². The number of hydrogen-bond acceptors (Lipinski definition) is 5. The number of aromatic amines is 1. The summed E-state index contributed by atoms with van der Waals surface area (Å²) in [5.41, 5.74) is 1.59. The Morgan fingerprint density at radius 3 is 2.62 bits per heavy atom. The van der Waals surface area contributed by atoms with E-state index < -0.39 is 21.7 Å². The maximum absolute atomic E-state index is 12.3. The number of hydrogen-bond donors (Lipinski definition) is 3. The molecule has 0 aliphatic carbocycles. The normalized spacial score (nSPS) is 11.4. The smallest absolute Gasteiger partial charge is 0.408 e. The second-order valence-corrected chi connectivity index (χ2v) is 7.11. The molecule has 9 heteroatoms. The molecule has 1 amide bonds. The zero-order valence-electron chi connectivity index (χ0n) is 13.5. The van der Waals surface area contributed by atoms with Crippen LogP contribution in [0.25, 0.3) is 11.1 Å². The summed E-state index contributed by atoms with van der Waals surface area (Å²) in [5, 5.41) is 2.67. The monoisotopic (exact) mass is 373 g/mol. The molecule has 8 nitrogen and oxygen atoms in total. The number of H-pyrrole nitrogens is 1. The van der Waals surface area contributed by atoms with E-state index >= 15 is 0 Å². The fourth-order valence-electron chi connectivity index (χ4n) is 2.27. The van der Waals surface area contributed by atoms with Crippen LogP contribution in [0.1, 0.15) is 10.4 Å². The number of aromatic nitrogens is 1. The molecule has 0 radical (unpaired) electrons. The zero-order valence-corrected chi connectivity index (χ0v) is 14.3. The molecule has 0 unspecified atom stereocenters. The lowest BCUT2D eigenvalue weighted by atomic mass is 10.2. The Kier molecular flexibility index (Phi) is 4.74. The van der Waals surface area contributed by atoms with Crippen molar-refractivity contribution in [1.29, 1.82) is 0 Å². The van der Waals surface area contributed by atoms with Crippen molar-refractivity contribution >= 4 is 32.7 Å². The second-order valence-electron chi connectivity index (χ2n) is 5.34. The van der Waals surface area contributed by atoms with Crippen molar-refractivity contribution in [2.75, 3.05) is 11.9 Å². The van der Waals surface area contributed by atoms with E-state index in [4.69, 9.17) is 4.42 Å². The van der Waals surface area contributed by atoms with Crippen molar-refractivity contribution in [3.05, 3.63) is 71.2 Å². The Hall–Kier alpha value is -3.17. The van der Waals surface area contributed by atoms with Gasteiger partial charge in [0.15, 0.2) is 5.58 Å². The van der Waals surface area contributed by atoms with E-state index in [1.165, 1.54) is 30.3 Å². The number of rotatable bonds is 6. The standard InChI is InChI=1S/C17H15N3O5S/c1-2-9-18-26(23,24)13-6-3-11(4-7-13)16(21)19-12-5-8-15-14(10-12)20-17(22)25-15/h2-8,10,18H,1,9H2,(H,19,21)(H,20,22). The number of amides is 1. The number of nitrogens with one attached hydrogen (secondary N) is 3. The molecule has 0 aliphatic heterocycles. The highest BCUT2D eigenvalue weighted by Crippen LogP contribution is 2.17. The topological polar surface area (TPSA) is 121 Å². The van der Waals surface area contributed by atoms with Crippen molar-refractivity contribution in [3.8, 4) is 0 Å². The van der Waals surface area contributed by atoms with Crippen LogP contribution in [0.5, 0.6) is 0 Å². The van der Waals surface area contributed by atoms with Gasteiger partial charge in [-0.3, -0.25) is 9.78 Å². The van der Waals surface area contributed by atoms with Crippen LogP contribution in [0.15, 0.2) is 69.2 Å². The van der Waals surface area contributed by atoms with Crippen LogP contribution in [0.4, 0.5) is 5.69 Å². The molecule has 0 spiro atoms. The minimum Gasteiger partial charge on any atom is -0.408 e. The highest BCUT2D eigenvalue weighted by molar-refractivity contribution is 7.89. The van der Waals surface area contributed by atoms with Gasteiger partial charge in [0.05, 0.1) is 10.4 Å². The lowest BCUT2D eigenvalue weighted by Crippen LogP contribution is -2.23. The molecule has 0 bridgehead atoms. The fourth-order valence-corrected chi connectivity index (χ4v) is 3.27. The molecule has 134 valence electrons. The maximum atomic E-state index is 12.3. The quantitative estimate of drug-likeness (QED) is 0.569. The largest absolute Gasteiger partial charge is 0.417 e. The lowest BCUT2D eigenvalue weighted by Gasteiger charge is -2.07. The predicted octanol–water partition coefficient (Wildman–Crippen LogP) is 1.84. The van der Waals surface area contributed by atoms with Crippen molar-refractivity contribution in [1.82, 2.24) is 9.71 Å². The summed E-state index contributed by atoms with van der Waals surface area (Å²) in [6.07, 6.45) is 1.43. The third kappa shape index (κ3) is 3.73. The first-order chi connectivity index (χ1) is 12.4. The van der Waals surface area contributed by atoms with E-state index in [1.54, 1.807) is 18.2 Å². The second kappa shape index (κ2) is 6.98. The van der Waals surface area contributed by atoms with Gasteiger partial charge in [-0.15, -0.1) is 6.58 Å². The number of sulfonamides is 1. The number of anilines is 1. The Balaban J connectivity index is 1.76. The Labute approximate surface area is 148 Å². The summed E-state index contributed by atoms with van der Waals surface area (Å²) in [7, 11) is -3.64. The summed E-state index contributed by atoms with van der Waals surface area (Å²) in [5.74, 6) is -0.997. The van der Waals surface area contributed by atoms with Gasteiger partial charge < -0.3 is 9.73 Å². The van der Waals surface area contributed by atoms with E-state index in [2.05, 4.69) is 21.6 Å². The molecule has 0 saturated carbocycles. The summed E-state index contributed by atoms with van der Waals surface area (Å²) >= 11 is 0. The van der Waals surface area contributed by atoms with Crippen LogP contribution in [-0.2, 0) is 10.0 Å². The van der Waals surface area contributed by atoms with Gasteiger partial charge in [0.1, 0.15) is 0 Å². The first kappa shape index (κ1) is 17.6. The SMILES string of the molecule is C=CCNS(=O)(=O)c1ccc(C(=O)Nc2ccc3oc(=O)[nH]c3c2)cc1. The number of oxazole rings is 1. The molecular formula is C17H15N3O5S. The summed E-state index contributed by atoms with van der Waals surface area (Å²) in [6.45, 7) is 3.56. The zero-order chi connectivity index (χ0) is 18.7. The molecule has 2 aromatic carbocycles. The van der Waals surface area contributed by atoms with E-state index in [0.29, 0.717) is 16.8 Å². The van der Waals surface area contributed by atoms with Crippen LogP contribution in [-0.4, -0.2) is 25.9 Å². The third-order valence-corrected chi connectivity index (χ3v) is 4.96.